The highest BCUT2D eigenvalue weighted by Crippen LogP contribution is 2.27. The maximum atomic E-state index is 2.82. The average molecular weight is 251 g/mol. The first kappa shape index (κ1) is 12.9. The molecule has 3 saturated heterocycles. The highest BCUT2D eigenvalue weighted by atomic mass is 15.3. The summed E-state index contributed by atoms with van der Waals surface area (Å²) in [6, 6.07) is 1.73. The highest BCUT2D eigenvalue weighted by Gasteiger charge is 2.35. The van der Waals surface area contributed by atoms with Crippen molar-refractivity contribution >= 4 is 0 Å². The summed E-state index contributed by atoms with van der Waals surface area (Å²) in [5.41, 5.74) is 0. The molecule has 3 heterocycles. The molecule has 0 bridgehead atoms. The van der Waals surface area contributed by atoms with E-state index in [0.717, 1.165) is 18.0 Å². The first-order valence-corrected chi connectivity index (χ1v) is 7.90. The van der Waals surface area contributed by atoms with Crippen molar-refractivity contribution in [3.05, 3.63) is 0 Å². The van der Waals surface area contributed by atoms with E-state index in [4.69, 9.17) is 0 Å². The Labute approximate surface area is 112 Å². The molecule has 3 atom stereocenters. The number of piperidine rings is 2. The van der Waals surface area contributed by atoms with E-state index in [1.807, 2.05) is 0 Å². The van der Waals surface area contributed by atoms with Crippen molar-refractivity contribution in [2.24, 2.45) is 5.92 Å². The predicted molar refractivity (Wildman–Crippen MR) is 75.9 cm³/mol. The van der Waals surface area contributed by atoms with Crippen molar-refractivity contribution in [3.8, 4) is 0 Å². The van der Waals surface area contributed by atoms with Crippen LogP contribution < -0.4 is 0 Å². The molecular weight excluding hydrogens is 222 g/mol. The topological polar surface area (TPSA) is 9.72 Å². The molecule has 0 amide bonds. The van der Waals surface area contributed by atoms with Crippen molar-refractivity contribution < 1.29 is 0 Å². The van der Waals surface area contributed by atoms with E-state index in [0.29, 0.717) is 0 Å². The van der Waals surface area contributed by atoms with E-state index >= 15 is 0 Å². The minimum atomic E-state index is 0.846. The fraction of sp³-hybridized carbons (Fsp3) is 1.00. The SMILES string of the molecule is CC1CN(C)CCC1N1CCN2CCCCC2C1. The summed E-state index contributed by atoms with van der Waals surface area (Å²) < 4.78 is 0. The predicted octanol–water partition coefficient (Wildman–Crippen LogP) is 1.50. The maximum absolute atomic E-state index is 2.82. The molecule has 0 radical (unpaired) electrons. The van der Waals surface area contributed by atoms with Crippen molar-refractivity contribution in [3.63, 3.8) is 0 Å². The molecule has 0 aromatic heterocycles. The molecule has 104 valence electrons. The van der Waals surface area contributed by atoms with E-state index in [1.54, 1.807) is 0 Å². The summed E-state index contributed by atoms with van der Waals surface area (Å²) in [5, 5.41) is 0. The Hall–Kier alpha value is -0.120. The first-order valence-electron chi connectivity index (χ1n) is 7.90. The minimum Gasteiger partial charge on any atom is -0.306 e. The van der Waals surface area contributed by atoms with E-state index < -0.39 is 0 Å². The third kappa shape index (κ3) is 2.59. The van der Waals surface area contributed by atoms with Crippen LogP contribution >= 0.6 is 0 Å². The van der Waals surface area contributed by atoms with Crippen molar-refractivity contribution in [1.82, 2.24) is 14.7 Å². The molecule has 3 rings (SSSR count). The summed E-state index contributed by atoms with van der Waals surface area (Å²) in [6.45, 7) is 10.4. The van der Waals surface area contributed by atoms with Crippen LogP contribution in [0, 0.1) is 5.92 Å². The molecule has 3 aliphatic heterocycles. The van der Waals surface area contributed by atoms with Gasteiger partial charge in [-0.05, 0) is 45.3 Å². The number of nitrogens with zero attached hydrogens (tertiary/aromatic N) is 3. The normalized spacial score (nSPS) is 40.7. The lowest BCUT2D eigenvalue weighted by Gasteiger charge is -2.49. The average Bonchev–Trinajstić information content (AvgIpc) is 2.38. The zero-order valence-electron chi connectivity index (χ0n) is 12.1. The van der Waals surface area contributed by atoms with Gasteiger partial charge in [-0.3, -0.25) is 9.80 Å². The first-order chi connectivity index (χ1) is 8.74. The lowest BCUT2D eigenvalue weighted by molar-refractivity contribution is -0.00530. The standard InChI is InChI=1S/C15H29N3/c1-13-11-16(2)8-6-15(13)18-10-9-17-7-4-3-5-14(17)12-18/h13-15H,3-12H2,1-2H3. The van der Waals surface area contributed by atoms with E-state index in [9.17, 15) is 0 Å². The number of likely N-dealkylation sites (tertiary alicyclic amines) is 1. The van der Waals surface area contributed by atoms with Crippen molar-refractivity contribution in [2.45, 2.75) is 44.7 Å². The zero-order valence-corrected chi connectivity index (χ0v) is 12.1. The second-order valence-electron chi connectivity index (χ2n) is 6.78. The summed E-state index contributed by atoms with van der Waals surface area (Å²) >= 11 is 0. The number of hydrogen-bond acceptors (Lipinski definition) is 3. The van der Waals surface area contributed by atoms with Gasteiger partial charge in [0.25, 0.3) is 0 Å². The fourth-order valence-corrected chi connectivity index (χ4v) is 4.37. The highest BCUT2D eigenvalue weighted by molar-refractivity contribution is 4.91. The molecule has 3 unspecified atom stereocenters. The largest absolute Gasteiger partial charge is 0.306 e. The monoisotopic (exact) mass is 251 g/mol. The molecule has 3 heteroatoms. The van der Waals surface area contributed by atoms with Gasteiger partial charge in [0.1, 0.15) is 0 Å². The molecule has 3 aliphatic rings. The second-order valence-corrected chi connectivity index (χ2v) is 6.78. The summed E-state index contributed by atoms with van der Waals surface area (Å²) in [6.07, 6.45) is 5.71. The molecule has 3 fully saturated rings. The van der Waals surface area contributed by atoms with Crippen LogP contribution in [0.4, 0.5) is 0 Å². The quantitative estimate of drug-likeness (QED) is 0.699. The Balaban J connectivity index is 1.59. The molecule has 0 aromatic carbocycles. The molecule has 18 heavy (non-hydrogen) atoms. The fourth-order valence-electron chi connectivity index (χ4n) is 4.37. The molecule has 3 nitrogen and oxygen atoms in total. The summed E-state index contributed by atoms with van der Waals surface area (Å²) in [5.74, 6) is 0.846. The molecule has 0 spiro atoms. The molecular formula is C15H29N3. The van der Waals surface area contributed by atoms with Crippen LogP contribution in [0.15, 0.2) is 0 Å². The lowest BCUT2D eigenvalue weighted by atomic mass is 9.90. The second kappa shape index (κ2) is 5.48. The Morgan fingerprint density at radius 3 is 2.50 bits per heavy atom. The van der Waals surface area contributed by atoms with Gasteiger partial charge in [-0.2, -0.15) is 0 Å². The van der Waals surface area contributed by atoms with Gasteiger partial charge in [-0.1, -0.05) is 13.3 Å². The number of piperazine rings is 1. The van der Waals surface area contributed by atoms with Crippen LogP contribution in [0.5, 0.6) is 0 Å². The Kier molecular flexibility index (Phi) is 3.92. The lowest BCUT2D eigenvalue weighted by Crippen LogP contribution is -2.60. The smallest absolute Gasteiger partial charge is 0.0223 e. The zero-order chi connectivity index (χ0) is 12.5. The van der Waals surface area contributed by atoms with Crippen LogP contribution in [0.1, 0.15) is 32.6 Å². The molecule has 0 aliphatic carbocycles. The minimum absolute atomic E-state index is 0.846. The molecule has 0 saturated carbocycles. The van der Waals surface area contributed by atoms with Gasteiger partial charge in [0.15, 0.2) is 0 Å². The van der Waals surface area contributed by atoms with E-state index in [2.05, 4.69) is 28.7 Å². The van der Waals surface area contributed by atoms with Gasteiger partial charge in [0.05, 0.1) is 0 Å². The van der Waals surface area contributed by atoms with Gasteiger partial charge in [-0.25, -0.2) is 0 Å². The Morgan fingerprint density at radius 1 is 0.833 bits per heavy atom. The van der Waals surface area contributed by atoms with Crippen LogP contribution in [0.3, 0.4) is 0 Å². The molecule has 0 N–H and O–H groups in total. The molecule has 0 aromatic rings. The van der Waals surface area contributed by atoms with E-state index in [-0.39, 0.29) is 0 Å². The third-order valence-corrected chi connectivity index (χ3v) is 5.40. The van der Waals surface area contributed by atoms with Gasteiger partial charge >= 0.3 is 0 Å². The van der Waals surface area contributed by atoms with Gasteiger partial charge in [0.2, 0.25) is 0 Å². The van der Waals surface area contributed by atoms with Gasteiger partial charge in [0, 0.05) is 38.3 Å². The maximum Gasteiger partial charge on any atom is 0.0223 e. The van der Waals surface area contributed by atoms with Crippen LogP contribution in [-0.2, 0) is 0 Å². The van der Waals surface area contributed by atoms with Crippen molar-refractivity contribution in [2.75, 3.05) is 46.3 Å². The van der Waals surface area contributed by atoms with Gasteiger partial charge in [-0.15, -0.1) is 0 Å². The Morgan fingerprint density at radius 2 is 1.67 bits per heavy atom. The summed E-state index contributed by atoms with van der Waals surface area (Å²) in [7, 11) is 2.27. The van der Waals surface area contributed by atoms with Crippen LogP contribution in [-0.4, -0.2) is 73.1 Å². The number of hydrogen-bond donors (Lipinski definition) is 0. The third-order valence-electron chi connectivity index (χ3n) is 5.40. The van der Waals surface area contributed by atoms with Crippen LogP contribution in [0.25, 0.3) is 0 Å². The van der Waals surface area contributed by atoms with Crippen molar-refractivity contribution in [1.29, 1.82) is 0 Å². The Bertz CT molecular complexity index is 281. The number of rotatable bonds is 1. The van der Waals surface area contributed by atoms with E-state index in [1.165, 1.54) is 65.0 Å². The number of fused-ring (bicyclic) bond motifs is 1. The van der Waals surface area contributed by atoms with Gasteiger partial charge < -0.3 is 4.90 Å². The van der Waals surface area contributed by atoms with Crippen LogP contribution in [0.2, 0.25) is 0 Å². The summed E-state index contributed by atoms with van der Waals surface area (Å²) in [4.78, 5) is 8.07.